The molecule has 0 radical (unpaired) electrons. The number of hydrogen-bond donors (Lipinski definition) is 0. The third kappa shape index (κ3) is 3.06. The molecule has 3 rings (SSSR count). The summed E-state index contributed by atoms with van der Waals surface area (Å²) in [6.45, 7) is 2.30. The van der Waals surface area contributed by atoms with Crippen LogP contribution in [-0.4, -0.2) is 17.1 Å². The van der Waals surface area contributed by atoms with Gasteiger partial charge >= 0.3 is 5.97 Å². The minimum atomic E-state index is -0.638. The van der Waals surface area contributed by atoms with Crippen molar-refractivity contribution in [2.45, 2.75) is 13.5 Å². The number of pyridine rings is 1. The fourth-order valence-corrected chi connectivity index (χ4v) is 2.62. The van der Waals surface area contributed by atoms with E-state index in [9.17, 15) is 14.0 Å². The number of hydrogen-bond acceptors (Lipinski definition) is 3. The molecule has 0 fully saturated rings. The Bertz CT molecular complexity index is 945. The summed E-state index contributed by atoms with van der Waals surface area (Å²) < 4.78 is 19.9. The number of ether oxygens (including phenoxy) is 1. The van der Waals surface area contributed by atoms with Gasteiger partial charge in [-0.25, -0.2) is 9.18 Å². The van der Waals surface area contributed by atoms with Crippen LogP contribution in [0.5, 0.6) is 0 Å². The van der Waals surface area contributed by atoms with Crippen LogP contribution in [0.3, 0.4) is 0 Å². The topological polar surface area (TPSA) is 48.3 Å². The fourth-order valence-electron chi connectivity index (χ4n) is 2.62. The molecule has 0 aliphatic heterocycles. The maximum absolute atomic E-state index is 13.1. The van der Waals surface area contributed by atoms with Gasteiger partial charge in [0.25, 0.3) is 0 Å². The maximum atomic E-state index is 13.1. The van der Waals surface area contributed by atoms with Gasteiger partial charge in [0.05, 0.1) is 12.1 Å². The van der Waals surface area contributed by atoms with E-state index in [1.807, 2.05) is 12.1 Å². The van der Waals surface area contributed by atoms with Gasteiger partial charge in [0, 0.05) is 18.1 Å². The van der Waals surface area contributed by atoms with Crippen LogP contribution in [0.4, 0.5) is 4.39 Å². The molecule has 24 heavy (non-hydrogen) atoms. The molecular weight excluding hydrogens is 309 g/mol. The summed E-state index contributed by atoms with van der Waals surface area (Å²) >= 11 is 0. The first kappa shape index (κ1) is 15.9. The molecular formula is C19H16FNO3. The number of rotatable bonds is 4. The molecule has 0 unspecified atom stereocenters. The average molecular weight is 325 g/mol. The zero-order valence-electron chi connectivity index (χ0n) is 13.2. The van der Waals surface area contributed by atoms with Crippen molar-refractivity contribution in [3.8, 4) is 0 Å². The van der Waals surface area contributed by atoms with Gasteiger partial charge in [-0.15, -0.1) is 0 Å². The van der Waals surface area contributed by atoms with Crippen LogP contribution in [0.1, 0.15) is 22.8 Å². The van der Waals surface area contributed by atoms with Crippen LogP contribution in [0, 0.1) is 5.82 Å². The van der Waals surface area contributed by atoms with Crippen molar-refractivity contribution in [3.63, 3.8) is 0 Å². The highest BCUT2D eigenvalue weighted by Crippen LogP contribution is 2.15. The fraction of sp³-hybridized carbons (Fsp3) is 0.158. The number of carbonyl (C=O) groups excluding carboxylic acids is 1. The molecule has 0 amide bonds. The van der Waals surface area contributed by atoms with E-state index in [-0.39, 0.29) is 23.4 Å². The standard InChI is InChI=1S/C19H16FNO3/c1-2-24-19(23)16-12-21(11-13-7-9-14(20)10-8-13)17-6-4-3-5-15(17)18(16)22/h3-10,12H,2,11H2,1H3. The van der Waals surface area contributed by atoms with Crippen molar-refractivity contribution < 1.29 is 13.9 Å². The summed E-state index contributed by atoms with van der Waals surface area (Å²) in [5, 5.41) is 0.449. The number of nitrogens with zero attached hydrogens (tertiary/aromatic N) is 1. The molecule has 0 atom stereocenters. The highest BCUT2D eigenvalue weighted by Gasteiger charge is 2.16. The number of halogens is 1. The molecule has 0 bridgehead atoms. The largest absolute Gasteiger partial charge is 0.462 e. The number of esters is 1. The van der Waals surface area contributed by atoms with Crippen molar-refractivity contribution in [2.24, 2.45) is 0 Å². The minimum absolute atomic E-state index is 0.00217. The molecule has 0 N–H and O–H groups in total. The maximum Gasteiger partial charge on any atom is 0.343 e. The van der Waals surface area contributed by atoms with Crippen molar-refractivity contribution in [3.05, 3.63) is 81.9 Å². The second-order valence-electron chi connectivity index (χ2n) is 5.36. The lowest BCUT2D eigenvalue weighted by Crippen LogP contribution is -2.21. The Labute approximate surface area is 138 Å². The van der Waals surface area contributed by atoms with E-state index < -0.39 is 5.97 Å². The Balaban J connectivity index is 2.15. The second kappa shape index (κ2) is 6.66. The van der Waals surface area contributed by atoms with Gasteiger partial charge in [-0.1, -0.05) is 24.3 Å². The van der Waals surface area contributed by atoms with Crippen molar-refractivity contribution in [2.75, 3.05) is 6.61 Å². The Morgan fingerprint density at radius 2 is 1.83 bits per heavy atom. The highest BCUT2D eigenvalue weighted by atomic mass is 19.1. The predicted octanol–water partition coefficient (Wildman–Crippen LogP) is 3.37. The molecule has 5 heteroatoms. The van der Waals surface area contributed by atoms with Gasteiger partial charge in [0.1, 0.15) is 11.4 Å². The SMILES string of the molecule is CCOC(=O)c1cn(Cc2ccc(F)cc2)c2ccccc2c1=O. The first-order valence-electron chi connectivity index (χ1n) is 7.64. The highest BCUT2D eigenvalue weighted by molar-refractivity contribution is 5.93. The van der Waals surface area contributed by atoms with Gasteiger partial charge < -0.3 is 9.30 Å². The Kier molecular flexibility index (Phi) is 4.42. The minimum Gasteiger partial charge on any atom is -0.462 e. The summed E-state index contributed by atoms with van der Waals surface area (Å²) in [5.74, 6) is -0.947. The summed E-state index contributed by atoms with van der Waals surface area (Å²) in [6.07, 6.45) is 1.51. The molecule has 122 valence electrons. The van der Waals surface area contributed by atoms with Gasteiger partial charge in [0.15, 0.2) is 0 Å². The number of carbonyl (C=O) groups is 1. The van der Waals surface area contributed by atoms with E-state index in [4.69, 9.17) is 4.74 Å². The van der Waals surface area contributed by atoms with E-state index in [1.54, 1.807) is 35.8 Å². The second-order valence-corrected chi connectivity index (χ2v) is 5.36. The lowest BCUT2D eigenvalue weighted by Gasteiger charge is -2.13. The Morgan fingerprint density at radius 3 is 2.54 bits per heavy atom. The van der Waals surface area contributed by atoms with Crippen molar-refractivity contribution in [1.82, 2.24) is 4.57 Å². The molecule has 0 spiro atoms. The van der Waals surface area contributed by atoms with Gasteiger partial charge in [-0.2, -0.15) is 0 Å². The molecule has 3 aromatic rings. The predicted molar refractivity (Wildman–Crippen MR) is 89.7 cm³/mol. The van der Waals surface area contributed by atoms with Gasteiger partial charge in [-0.3, -0.25) is 4.79 Å². The molecule has 2 aromatic carbocycles. The zero-order chi connectivity index (χ0) is 17.1. The smallest absolute Gasteiger partial charge is 0.343 e. The molecule has 1 aromatic heterocycles. The number of para-hydroxylation sites is 1. The number of aromatic nitrogens is 1. The van der Waals surface area contributed by atoms with Gasteiger partial charge in [-0.05, 0) is 36.8 Å². The molecule has 4 nitrogen and oxygen atoms in total. The van der Waals surface area contributed by atoms with Crippen molar-refractivity contribution in [1.29, 1.82) is 0 Å². The first-order valence-corrected chi connectivity index (χ1v) is 7.64. The molecule has 0 saturated heterocycles. The van der Waals surface area contributed by atoms with Crippen LogP contribution < -0.4 is 5.43 Å². The van der Waals surface area contributed by atoms with E-state index in [0.717, 1.165) is 5.56 Å². The van der Waals surface area contributed by atoms with Crippen LogP contribution in [-0.2, 0) is 11.3 Å². The molecule has 0 aliphatic carbocycles. The lowest BCUT2D eigenvalue weighted by atomic mass is 10.1. The van der Waals surface area contributed by atoms with E-state index in [1.165, 1.54) is 18.3 Å². The summed E-state index contributed by atoms with van der Waals surface area (Å²) in [4.78, 5) is 24.6. The van der Waals surface area contributed by atoms with E-state index in [0.29, 0.717) is 17.4 Å². The average Bonchev–Trinajstić information content (AvgIpc) is 2.59. The van der Waals surface area contributed by atoms with Crippen molar-refractivity contribution >= 4 is 16.9 Å². The third-order valence-electron chi connectivity index (χ3n) is 3.75. The first-order chi connectivity index (χ1) is 11.6. The quantitative estimate of drug-likeness (QED) is 0.691. The van der Waals surface area contributed by atoms with E-state index >= 15 is 0 Å². The number of benzene rings is 2. The summed E-state index contributed by atoms with van der Waals surface area (Å²) in [5.41, 5.74) is 1.22. The van der Waals surface area contributed by atoms with E-state index in [2.05, 4.69) is 0 Å². The molecule has 0 saturated carbocycles. The summed E-state index contributed by atoms with van der Waals surface area (Å²) in [7, 11) is 0. The Morgan fingerprint density at radius 1 is 1.12 bits per heavy atom. The number of fused-ring (bicyclic) bond motifs is 1. The van der Waals surface area contributed by atoms with Gasteiger partial charge in [0.2, 0.25) is 5.43 Å². The zero-order valence-corrected chi connectivity index (χ0v) is 13.2. The van der Waals surface area contributed by atoms with Crippen LogP contribution in [0.25, 0.3) is 10.9 Å². The van der Waals surface area contributed by atoms with Crippen LogP contribution in [0.15, 0.2) is 59.5 Å². The normalized spacial score (nSPS) is 10.8. The molecule has 0 aliphatic rings. The van der Waals surface area contributed by atoms with Crippen LogP contribution >= 0.6 is 0 Å². The third-order valence-corrected chi connectivity index (χ3v) is 3.75. The Hall–Kier alpha value is -2.95. The lowest BCUT2D eigenvalue weighted by molar-refractivity contribution is 0.0524. The molecule has 1 heterocycles. The summed E-state index contributed by atoms with van der Waals surface area (Å²) in [6, 6.07) is 13.2. The monoisotopic (exact) mass is 325 g/mol. The van der Waals surface area contributed by atoms with Crippen LogP contribution in [0.2, 0.25) is 0 Å².